The van der Waals surface area contributed by atoms with E-state index in [1.807, 2.05) is 0 Å². The molecule has 0 saturated heterocycles. The molecule has 0 aliphatic heterocycles. The number of carbonyl (C=O) groups is 2. The van der Waals surface area contributed by atoms with Crippen molar-refractivity contribution in [2.45, 2.75) is 19.9 Å². The number of rotatable bonds is 6. The summed E-state index contributed by atoms with van der Waals surface area (Å²) in [5, 5.41) is 0. The number of ether oxygens (including phenoxy) is 2. The van der Waals surface area contributed by atoms with Crippen molar-refractivity contribution in [1.82, 2.24) is 4.90 Å². The maximum atomic E-state index is 11.4. The van der Waals surface area contributed by atoms with E-state index in [-0.39, 0.29) is 13.2 Å². The molecule has 0 aliphatic rings. The summed E-state index contributed by atoms with van der Waals surface area (Å²) in [7, 11) is 3.47. The number of carbonyl (C=O) groups excluding carboxylic acids is 2. The second-order valence-electron chi connectivity index (χ2n) is 3.13. The minimum absolute atomic E-state index is 0.201. The highest BCUT2D eigenvalue weighted by Crippen LogP contribution is 1.99. The van der Waals surface area contributed by atoms with Crippen molar-refractivity contribution < 1.29 is 19.1 Å². The average molecular weight is 230 g/mol. The van der Waals surface area contributed by atoms with Crippen LogP contribution in [-0.4, -0.2) is 56.5 Å². The van der Waals surface area contributed by atoms with Crippen LogP contribution in [0.25, 0.3) is 0 Å². The third kappa shape index (κ3) is 5.33. The van der Waals surface area contributed by atoms with Crippen molar-refractivity contribution in [3.63, 3.8) is 0 Å². The topological polar surface area (TPSA) is 68.2 Å². The molecule has 0 N–H and O–H groups in total. The first-order chi connectivity index (χ1) is 7.52. The van der Waals surface area contributed by atoms with E-state index in [0.29, 0.717) is 0 Å². The molecule has 0 bridgehead atoms. The van der Waals surface area contributed by atoms with E-state index in [4.69, 9.17) is 9.47 Å². The molecule has 6 heteroatoms. The van der Waals surface area contributed by atoms with Crippen molar-refractivity contribution in [3.05, 3.63) is 0 Å². The molecule has 92 valence electrons. The largest absolute Gasteiger partial charge is 0.464 e. The minimum Gasteiger partial charge on any atom is -0.464 e. The Morgan fingerprint density at radius 1 is 1.19 bits per heavy atom. The van der Waals surface area contributed by atoms with E-state index in [9.17, 15) is 9.59 Å². The molecule has 0 spiro atoms. The monoisotopic (exact) mass is 230 g/mol. The van der Waals surface area contributed by atoms with Crippen LogP contribution in [0.2, 0.25) is 0 Å². The highest BCUT2D eigenvalue weighted by atomic mass is 16.6. The van der Waals surface area contributed by atoms with Crippen molar-refractivity contribution in [2.24, 2.45) is 4.99 Å². The van der Waals surface area contributed by atoms with E-state index in [0.717, 1.165) is 0 Å². The lowest BCUT2D eigenvalue weighted by Gasteiger charge is -2.11. The molecule has 0 fully saturated rings. The normalized spacial score (nSPS) is 10.6. The second kappa shape index (κ2) is 7.67. The van der Waals surface area contributed by atoms with Crippen LogP contribution in [0.1, 0.15) is 13.8 Å². The maximum absolute atomic E-state index is 11.4. The summed E-state index contributed by atoms with van der Waals surface area (Å²) in [6.45, 7) is 3.73. The van der Waals surface area contributed by atoms with Crippen LogP contribution >= 0.6 is 0 Å². The van der Waals surface area contributed by atoms with Gasteiger partial charge in [-0.05, 0) is 13.8 Å². The van der Waals surface area contributed by atoms with Crippen LogP contribution in [0.5, 0.6) is 0 Å². The third-order valence-corrected chi connectivity index (χ3v) is 1.47. The van der Waals surface area contributed by atoms with E-state index in [1.165, 1.54) is 6.34 Å². The van der Waals surface area contributed by atoms with Gasteiger partial charge in [0.25, 0.3) is 0 Å². The predicted octanol–water partition coefficient (Wildman–Crippen LogP) is 0.0711. The van der Waals surface area contributed by atoms with Gasteiger partial charge in [-0.3, -0.25) is 0 Å². The van der Waals surface area contributed by atoms with Gasteiger partial charge in [-0.15, -0.1) is 0 Å². The fourth-order valence-electron chi connectivity index (χ4n) is 0.860. The lowest BCUT2D eigenvalue weighted by molar-refractivity contribution is -0.156. The Kier molecular flexibility index (Phi) is 6.91. The smallest absolute Gasteiger partial charge is 0.342 e. The first-order valence-corrected chi connectivity index (χ1v) is 5.05. The number of esters is 2. The Morgan fingerprint density at radius 2 is 1.62 bits per heavy atom. The second-order valence-corrected chi connectivity index (χ2v) is 3.13. The van der Waals surface area contributed by atoms with E-state index in [1.54, 1.807) is 32.8 Å². The SMILES string of the molecule is CCOC(=O)C(/N=C/N(C)C)C(=O)OCC. The molecule has 0 aromatic carbocycles. The number of hydrogen-bond donors (Lipinski definition) is 0. The van der Waals surface area contributed by atoms with Gasteiger partial charge in [0.05, 0.1) is 19.6 Å². The molecule has 0 heterocycles. The molecule has 0 rings (SSSR count). The van der Waals surface area contributed by atoms with Gasteiger partial charge in [-0.25, -0.2) is 14.6 Å². The number of nitrogens with zero attached hydrogens (tertiary/aromatic N) is 2. The maximum Gasteiger partial charge on any atom is 0.342 e. The van der Waals surface area contributed by atoms with Crippen molar-refractivity contribution in [1.29, 1.82) is 0 Å². The summed E-state index contributed by atoms with van der Waals surface area (Å²) in [5.74, 6) is -1.39. The van der Waals surface area contributed by atoms with Gasteiger partial charge in [-0.2, -0.15) is 0 Å². The Morgan fingerprint density at radius 3 is 1.94 bits per heavy atom. The molecular formula is C10H18N2O4. The van der Waals surface area contributed by atoms with Crippen LogP contribution in [0.15, 0.2) is 4.99 Å². The molecule has 0 atom stereocenters. The van der Waals surface area contributed by atoms with Crippen molar-refractivity contribution in [2.75, 3.05) is 27.3 Å². The van der Waals surface area contributed by atoms with Gasteiger partial charge in [0.15, 0.2) is 0 Å². The highest BCUT2D eigenvalue weighted by Gasteiger charge is 2.28. The summed E-state index contributed by atoms with van der Waals surface area (Å²) < 4.78 is 9.46. The van der Waals surface area contributed by atoms with E-state index >= 15 is 0 Å². The molecule has 6 nitrogen and oxygen atoms in total. The van der Waals surface area contributed by atoms with Gasteiger partial charge in [0.1, 0.15) is 0 Å². The molecule has 0 aromatic heterocycles. The van der Waals surface area contributed by atoms with Gasteiger partial charge in [0, 0.05) is 14.1 Å². The highest BCUT2D eigenvalue weighted by molar-refractivity contribution is 6.00. The molecule has 0 aromatic rings. The zero-order valence-corrected chi connectivity index (χ0v) is 10.1. The van der Waals surface area contributed by atoms with Crippen molar-refractivity contribution in [3.8, 4) is 0 Å². The minimum atomic E-state index is -1.23. The molecule has 0 radical (unpaired) electrons. The Balaban J connectivity index is 4.62. The lowest BCUT2D eigenvalue weighted by Crippen LogP contribution is -2.33. The van der Waals surface area contributed by atoms with Crippen LogP contribution < -0.4 is 0 Å². The summed E-state index contributed by atoms with van der Waals surface area (Å²) in [6, 6.07) is -1.23. The molecular weight excluding hydrogens is 212 g/mol. The molecule has 0 saturated carbocycles. The average Bonchev–Trinajstić information content (AvgIpc) is 2.18. The molecule has 0 aliphatic carbocycles. The fraction of sp³-hybridized carbons (Fsp3) is 0.700. The standard InChI is InChI=1S/C10H18N2O4/c1-5-15-9(13)8(10(14)16-6-2)11-7-12(3)4/h7-8H,5-6H2,1-4H3/b11-7+. The van der Waals surface area contributed by atoms with Crippen LogP contribution in [0, 0.1) is 0 Å². The quantitative estimate of drug-likeness (QED) is 0.279. The Bertz CT molecular complexity index is 246. The van der Waals surface area contributed by atoms with Gasteiger partial charge < -0.3 is 14.4 Å². The van der Waals surface area contributed by atoms with Gasteiger partial charge in [-0.1, -0.05) is 0 Å². The summed E-state index contributed by atoms with van der Waals surface area (Å²) in [5.41, 5.74) is 0. The zero-order valence-electron chi connectivity index (χ0n) is 10.1. The molecule has 0 unspecified atom stereocenters. The zero-order chi connectivity index (χ0) is 12.6. The lowest BCUT2D eigenvalue weighted by atomic mass is 10.3. The van der Waals surface area contributed by atoms with Gasteiger partial charge in [0.2, 0.25) is 6.04 Å². The van der Waals surface area contributed by atoms with Crippen LogP contribution in [0.3, 0.4) is 0 Å². The summed E-state index contributed by atoms with van der Waals surface area (Å²) in [4.78, 5) is 28.3. The third-order valence-electron chi connectivity index (χ3n) is 1.47. The predicted molar refractivity (Wildman–Crippen MR) is 59.2 cm³/mol. The van der Waals surface area contributed by atoms with Gasteiger partial charge >= 0.3 is 11.9 Å². The van der Waals surface area contributed by atoms with Crippen LogP contribution in [-0.2, 0) is 19.1 Å². The fourth-order valence-corrected chi connectivity index (χ4v) is 0.860. The first kappa shape index (κ1) is 14.4. The van der Waals surface area contributed by atoms with E-state index < -0.39 is 18.0 Å². The summed E-state index contributed by atoms with van der Waals surface area (Å²) >= 11 is 0. The molecule has 0 amide bonds. The Labute approximate surface area is 95.2 Å². The number of aliphatic imine (C=N–C) groups is 1. The van der Waals surface area contributed by atoms with Crippen LogP contribution in [0.4, 0.5) is 0 Å². The van der Waals surface area contributed by atoms with E-state index in [2.05, 4.69) is 4.99 Å². The Hall–Kier alpha value is -1.59. The molecule has 16 heavy (non-hydrogen) atoms. The van der Waals surface area contributed by atoms with Crippen molar-refractivity contribution >= 4 is 18.3 Å². The first-order valence-electron chi connectivity index (χ1n) is 5.05. The summed E-state index contributed by atoms with van der Waals surface area (Å²) in [6.07, 6.45) is 1.37. The number of hydrogen-bond acceptors (Lipinski definition) is 5.